The predicted octanol–water partition coefficient (Wildman–Crippen LogP) is 5.33. The fourth-order valence-electron chi connectivity index (χ4n) is 3.07. The molecule has 1 saturated heterocycles. The van der Waals surface area contributed by atoms with Gasteiger partial charge in [0.05, 0.1) is 10.5 Å². The lowest BCUT2D eigenvalue weighted by Crippen LogP contribution is -2.27. The Labute approximate surface area is 164 Å². The van der Waals surface area contributed by atoms with E-state index < -0.39 is 11.7 Å². The van der Waals surface area contributed by atoms with Crippen LogP contribution in [0.4, 0.5) is 13.2 Å². The Morgan fingerprint density at radius 3 is 2.52 bits per heavy atom. The predicted molar refractivity (Wildman–Crippen MR) is 106 cm³/mol. The SMILES string of the molecule is CCN1C(=O)C(=Cc2cc(C)n(-c3cccc(C(F)(F)F)c3)c2C)SC1=S. The quantitative estimate of drug-likeness (QED) is 0.505. The Morgan fingerprint density at radius 1 is 1.22 bits per heavy atom. The Kier molecular flexibility index (Phi) is 5.22. The molecule has 3 nitrogen and oxygen atoms in total. The van der Waals surface area contributed by atoms with Crippen molar-refractivity contribution < 1.29 is 18.0 Å². The van der Waals surface area contributed by atoms with E-state index in [0.717, 1.165) is 29.1 Å². The van der Waals surface area contributed by atoms with E-state index in [-0.39, 0.29) is 5.91 Å². The van der Waals surface area contributed by atoms with Gasteiger partial charge >= 0.3 is 6.18 Å². The van der Waals surface area contributed by atoms with Crippen LogP contribution < -0.4 is 0 Å². The number of amides is 1. The molecular formula is C19H17F3N2OS2. The van der Waals surface area contributed by atoms with Gasteiger partial charge in [-0.15, -0.1) is 0 Å². The average Bonchev–Trinajstić information content (AvgIpc) is 3.02. The van der Waals surface area contributed by atoms with Crippen LogP contribution in [0.25, 0.3) is 11.8 Å². The Morgan fingerprint density at radius 2 is 1.93 bits per heavy atom. The molecule has 1 amide bonds. The zero-order valence-corrected chi connectivity index (χ0v) is 16.6. The van der Waals surface area contributed by atoms with Crippen LogP contribution in [-0.4, -0.2) is 26.2 Å². The first kappa shape index (κ1) is 19.7. The minimum Gasteiger partial charge on any atom is -0.318 e. The Hall–Kier alpha value is -2.06. The first-order valence-electron chi connectivity index (χ1n) is 8.25. The number of thioether (sulfide) groups is 1. The molecular weight excluding hydrogens is 393 g/mol. The maximum atomic E-state index is 13.0. The van der Waals surface area contributed by atoms with Gasteiger partial charge in [-0.3, -0.25) is 9.69 Å². The molecule has 27 heavy (non-hydrogen) atoms. The van der Waals surface area contributed by atoms with E-state index in [1.165, 1.54) is 22.7 Å². The number of carbonyl (C=O) groups is 1. The van der Waals surface area contributed by atoms with E-state index >= 15 is 0 Å². The first-order valence-corrected chi connectivity index (χ1v) is 9.48. The summed E-state index contributed by atoms with van der Waals surface area (Å²) in [4.78, 5) is 14.4. The number of rotatable bonds is 3. The Balaban J connectivity index is 2.03. The number of aromatic nitrogens is 1. The molecule has 0 aliphatic carbocycles. The van der Waals surface area contributed by atoms with Crippen LogP contribution in [0.2, 0.25) is 0 Å². The van der Waals surface area contributed by atoms with Gasteiger partial charge in [-0.1, -0.05) is 30.0 Å². The van der Waals surface area contributed by atoms with E-state index in [1.807, 2.05) is 26.8 Å². The van der Waals surface area contributed by atoms with Gasteiger partial charge in [-0.2, -0.15) is 13.2 Å². The van der Waals surface area contributed by atoms with E-state index in [4.69, 9.17) is 12.2 Å². The van der Waals surface area contributed by atoms with Crippen LogP contribution in [0.15, 0.2) is 35.2 Å². The second-order valence-corrected chi connectivity index (χ2v) is 7.81. The standard InChI is InChI=1S/C19H17F3N2OS2/c1-4-23-17(25)16(27-18(23)26)9-13-8-11(2)24(12(13)3)15-7-5-6-14(10-15)19(20,21)22/h5-10H,4H2,1-3H3. The molecule has 0 atom stereocenters. The fraction of sp³-hybridized carbons (Fsp3) is 0.263. The minimum atomic E-state index is -4.40. The first-order chi connectivity index (χ1) is 12.6. The second kappa shape index (κ2) is 7.16. The summed E-state index contributed by atoms with van der Waals surface area (Å²) in [6, 6.07) is 7.06. The van der Waals surface area contributed by atoms with Crippen molar-refractivity contribution in [3.63, 3.8) is 0 Å². The third kappa shape index (κ3) is 3.68. The smallest absolute Gasteiger partial charge is 0.318 e. The third-order valence-electron chi connectivity index (χ3n) is 4.38. The van der Waals surface area contributed by atoms with Crippen LogP contribution >= 0.6 is 24.0 Å². The molecule has 142 valence electrons. The summed E-state index contributed by atoms with van der Waals surface area (Å²) in [5, 5.41) is 0. The molecule has 2 heterocycles. The molecule has 0 N–H and O–H groups in total. The van der Waals surface area contributed by atoms with Gasteiger partial charge in [0.25, 0.3) is 5.91 Å². The maximum Gasteiger partial charge on any atom is 0.416 e. The van der Waals surface area contributed by atoms with Crippen LogP contribution in [0, 0.1) is 13.8 Å². The number of benzene rings is 1. The summed E-state index contributed by atoms with van der Waals surface area (Å²) < 4.78 is 41.4. The summed E-state index contributed by atoms with van der Waals surface area (Å²) in [7, 11) is 0. The van der Waals surface area contributed by atoms with Gasteiger partial charge in [-0.25, -0.2) is 0 Å². The van der Waals surface area contributed by atoms with Crippen molar-refractivity contribution in [2.45, 2.75) is 26.9 Å². The lowest BCUT2D eigenvalue weighted by atomic mass is 10.2. The lowest BCUT2D eigenvalue weighted by molar-refractivity contribution is -0.137. The van der Waals surface area contributed by atoms with E-state index in [0.29, 0.717) is 21.5 Å². The topological polar surface area (TPSA) is 25.2 Å². The molecule has 0 bridgehead atoms. The largest absolute Gasteiger partial charge is 0.416 e. The molecule has 2 aromatic rings. The number of nitrogens with zero attached hydrogens (tertiary/aromatic N) is 2. The molecule has 0 radical (unpaired) electrons. The third-order valence-corrected chi connectivity index (χ3v) is 5.76. The number of halogens is 3. The van der Waals surface area contributed by atoms with Crippen molar-refractivity contribution in [3.05, 3.63) is 57.8 Å². The Bertz CT molecular complexity index is 960. The summed E-state index contributed by atoms with van der Waals surface area (Å²) >= 11 is 6.45. The monoisotopic (exact) mass is 410 g/mol. The van der Waals surface area contributed by atoms with Gasteiger partial charge in [-0.05, 0) is 56.7 Å². The molecule has 0 saturated carbocycles. The minimum absolute atomic E-state index is 0.142. The van der Waals surface area contributed by atoms with Crippen LogP contribution in [0.1, 0.15) is 29.4 Å². The molecule has 8 heteroatoms. The fourth-order valence-corrected chi connectivity index (χ4v) is 4.44. The van der Waals surface area contributed by atoms with E-state index in [2.05, 4.69) is 0 Å². The number of hydrogen-bond acceptors (Lipinski definition) is 3. The lowest BCUT2D eigenvalue weighted by Gasteiger charge is -2.13. The molecule has 0 unspecified atom stereocenters. The second-order valence-electron chi connectivity index (χ2n) is 6.14. The van der Waals surface area contributed by atoms with Crippen molar-refractivity contribution >= 4 is 40.3 Å². The highest BCUT2D eigenvalue weighted by molar-refractivity contribution is 8.26. The number of likely N-dealkylation sites (N-methyl/N-ethyl adjacent to an activating group) is 1. The van der Waals surface area contributed by atoms with Gasteiger partial charge in [0.15, 0.2) is 0 Å². The number of thiocarbonyl (C=S) groups is 1. The van der Waals surface area contributed by atoms with Crippen molar-refractivity contribution in [1.82, 2.24) is 9.47 Å². The summed E-state index contributed by atoms with van der Waals surface area (Å²) in [6.07, 6.45) is -2.65. The van der Waals surface area contributed by atoms with Gasteiger partial charge < -0.3 is 4.57 Å². The molecule has 1 aromatic heterocycles. The van der Waals surface area contributed by atoms with Crippen LogP contribution in [-0.2, 0) is 11.0 Å². The molecule has 1 aromatic carbocycles. The van der Waals surface area contributed by atoms with Crippen LogP contribution in [0.5, 0.6) is 0 Å². The van der Waals surface area contributed by atoms with Gasteiger partial charge in [0, 0.05) is 23.6 Å². The normalized spacial score (nSPS) is 16.7. The number of carbonyl (C=O) groups excluding carboxylic acids is 1. The van der Waals surface area contributed by atoms with E-state index in [9.17, 15) is 18.0 Å². The molecule has 1 aliphatic rings. The number of alkyl halides is 3. The van der Waals surface area contributed by atoms with Crippen molar-refractivity contribution in [1.29, 1.82) is 0 Å². The zero-order chi connectivity index (χ0) is 19.9. The number of aryl methyl sites for hydroxylation is 1. The van der Waals surface area contributed by atoms with Gasteiger partial charge in [0.2, 0.25) is 0 Å². The molecule has 3 rings (SSSR count). The highest BCUT2D eigenvalue weighted by Crippen LogP contribution is 2.35. The van der Waals surface area contributed by atoms with Crippen molar-refractivity contribution in [3.8, 4) is 5.69 Å². The van der Waals surface area contributed by atoms with Crippen LogP contribution in [0.3, 0.4) is 0 Å². The maximum absolute atomic E-state index is 13.0. The highest BCUT2D eigenvalue weighted by Gasteiger charge is 2.32. The highest BCUT2D eigenvalue weighted by atomic mass is 32.2. The zero-order valence-electron chi connectivity index (χ0n) is 14.9. The van der Waals surface area contributed by atoms with Crippen molar-refractivity contribution in [2.75, 3.05) is 6.54 Å². The molecule has 1 aliphatic heterocycles. The summed E-state index contributed by atoms with van der Waals surface area (Å²) in [5.41, 5.74) is 2.05. The number of hydrogen-bond donors (Lipinski definition) is 0. The van der Waals surface area contributed by atoms with E-state index in [1.54, 1.807) is 16.7 Å². The van der Waals surface area contributed by atoms with Gasteiger partial charge in [0.1, 0.15) is 4.32 Å². The summed E-state index contributed by atoms with van der Waals surface area (Å²) in [6.45, 7) is 6.00. The molecule has 0 spiro atoms. The molecule has 1 fully saturated rings. The van der Waals surface area contributed by atoms with Crippen molar-refractivity contribution in [2.24, 2.45) is 0 Å². The summed E-state index contributed by atoms with van der Waals surface area (Å²) in [5.74, 6) is -0.142. The average molecular weight is 410 g/mol.